The number of pyridine rings is 1. The van der Waals surface area contributed by atoms with E-state index in [-0.39, 0.29) is 24.0 Å². The van der Waals surface area contributed by atoms with Crippen LogP contribution in [-0.4, -0.2) is 52.1 Å². The van der Waals surface area contributed by atoms with E-state index in [9.17, 15) is 19.2 Å². The molecule has 0 saturated carbocycles. The van der Waals surface area contributed by atoms with E-state index in [0.717, 1.165) is 22.3 Å². The fourth-order valence-corrected chi connectivity index (χ4v) is 5.21. The Kier molecular flexibility index (Phi) is 12.9. The van der Waals surface area contributed by atoms with E-state index in [2.05, 4.69) is 36.7 Å². The summed E-state index contributed by atoms with van der Waals surface area (Å²) in [7, 11) is 0. The van der Waals surface area contributed by atoms with Gasteiger partial charge in [0, 0.05) is 25.2 Å². The van der Waals surface area contributed by atoms with Gasteiger partial charge in [0.15, 0.2) is 0 Å². The largest absolute Gasteiger partial charge is 0.340 e. The molecule has 0 aliphatic heterocycles. The van der Waals surface area contributed by atoms with Crippen LogP contribution >= 0.6 is 0 Å². The van der Waals surface area contributed by atoms with Crippen LogP contribution in [0.1, 0.15) is 56.8 Å². The Balaban J connectivity index is 1.30. The summed E-state index contributed by atoms with van der Waals surface area (Å²) in [6, 6.07) is 36.7. The number of hydrogen-bond donors (Lipinski definition) is 4. The van der Waals surface area contributed by atoms with Crippen molar-refractivity contribution in [3.8, 4) is 0 Å². The zero-order valence-corrected chi connectivity index (χ0v) is 28.8. The Bertz CT molecular complexity index is 1890. The molecule has 52 heavy (non-hydrogen) atoms. The van der Waals surface area contributed by atoms with Gasteiger partial charge >= 0.3 is 0 Å². The zero-order chi connectivity index (χ0) is 36.7. The van der Waals surface area contributed by atoms with E-state index in [1.54, 1.807) is 13.8 Å². The van der Waals surface area contributed by atoms with E-state index in [4.69, 9.17) is 0 Å². The molecule has 5 rings (SSSR count). The predicted octanol–water partition coefficient (Wildman–Crippen LogP) is 4.84. The summed E-state index contributed by atoms with van der Waals surface area (Å²) in [4.78, 5) is 58.0. The molecule has 0 bridgehead atoms. The summed E-state index contributed by atoms with van der Waals surface area (Å²) in [6.07, 6.45) is 2.98. The summed E-state index contributed by atoms with van der Waals surface area (Å²) >= 11 is 0. The summed E-state index contributed by atoms with van der Waals surface area (Å²) in [6.45, 7) is 3.55. The molecule has 0 saturated heterocycles. The van der Waals surface area contributed by atoms with Gasteiger partial charge in [-0.15, -0.1) is 0 Å². The van der Waals surface area contributed by atoms with Crippen LogP contribution < -0.4 is 21.5 Å². The van der Waals surface area contributed by atoms with Crippen LogP contribution in [0.4, 0.5) is 0 Å². The van der Waals surface area contributed by atoms with Crippen molar-refractivity contribution in [3.05, 3.63) is 173 Å². The molecule has 4 N–H and O–H groups in total. The van der Waals surface area contributed by atoms with E-state index in [1.165, 1.54) is 18.5 Å². The Morgan fingerprint density at radius 2 is 0.865 bits per heavy atom. The quantitative estimate of drug-likeness (QED) is 0.0968. The van der Waals surface area contributed by atoms with Crippen LogP contribution in [0, 0.1) is 0 Å². The van der Waals surface area contributed by atoms with Gasteiger partial charge in [-0.05, 0) is 42.2 Å². The van der Waals surface area contributed by atoms with Gasteiger partial charge in [0.05, 0.1) is 22.6 Å². The number of aromatic nitrogens is 1. The SMILES string of the molecule is C/C(=N\NC(=O)[C@H](Cc1ccccc1)NC(=O)c1cncc(C(=O)N[C@@H](Cc2ccccc2)C(=O)N/N=C(\C)c2ccccc2)c1)c1ccccc1. The smallest absolute Gasteiger partial charge is 0.262 e. The van der Waals surface area contributed by atoms with Crippen molar-refractivity contribution < 1.29 is 19.2 Å². The minimum atomic E-state index is -1.00. The number of nitrogens with zero attached hydrogens (tertiary/aromatic N) is 3. The van der Waals surface area contributed by atoms with Gasteiger partial charge in [-0.25, -0.2) is 10.9 Å². The molecule has 0 aliphatic carbocycles. The fourth-order valence-electron chi connectivity index (χ4n) is 5.21. The molecule has 262 valence electrons. The van der Waals surface area contributed by atoms with E-state index in [0.29, 0.717) is 11.4 Å². The molecule has 5 aromatic rings. The topological polar surface area (TPSA) is 154 Å². The number of nitrogens with one attached hydrogen (secondary N) is 4. The van der Waals surface area contributed by atoms with E-state index >= 15 is 0 Å². The van der Waals surface area contributed by atoms with Gasteiger partial charge in [-0.3, -0.25) is 24.2 Å². The molecule has 4 aromatic carbocycles. The second kappa shape index (κ2) is 18.3. The monoisotopic (exact) mass is 693 g/mol. The van der Waals surface area contributed by atoms with Crippen molar-refractivity contribution in [2.45, 2.75) is 38.8 Å². The third-order valence-electron chi connectivity index (χ3n) is 8.12. The summed E-state index contributed by atoms with van der Waals surface area (Å²) in [5.41, 5.74) is 9.77. The first-order valence-electron chi connectivity index (χ1n) is 16.7. The van der Waals surface area contributed by atoms with Gasteiger partial charge in [-0.1, -0.05) is 121 Å². The van der Waals surface area contributed by atoms with Crippen molar-refractivity contribution in [2.24, 2.45) is 10.2 Å². The molecule has 2 atom stereocenters. The second-order valence-corrected chi connectivity index (χ2v) is 12.0. The molecule has 11 nitrogen and oxygen atoms in total. The van der Waals surface area contributed by atoms with Gasteiger partial charge < -0.3 is 10.6 Å². The van der Waals surface area contributed by atoms with Gasteiger partial charge in [0.1, 0.15) is 12.1 Å². The maximum absolute atomic E-state index is 13.5. The average molecular weight is 694 g/mol. The molecule has 1 heterocycles. The van der Waals surface area contributed by atoms with Crippen LogP contribution in [-0.2, 0) is 22.4 Å². The minimum absolute atomic E-state index is 0.0506. The standard InChI is InChI=1S/C41H39N7O4/c1-28(32-19-11-5-12-20-32)45-47-40(51)36(23-30-15-7-3-8-16-30)43-38(49)34-25-35(27-42-26-34)39(50)44-37(24-31-17-9-4-10-18-31)41(52)48-46-29(2)33-21-13-6-14-22-33/h3-22,25-27,36-37H,23-24H2,1-2H3,(H,43,49)(H,44,50)(H,47,51)(H,48,52)/b45-28+,46-29+/t36-,37-/m0/s1. The zero-order valence-electron chi connectivity index (χ0n) is 28.8. The molecular formula is C41H39N7O4. The summed E-state index contributed by atoms with van der Waals surface area (Å²) in [5.74, 6) is -2.28. The van der Waals surface area contributed by atoms with Gasteiger partial charge in [0.2, 0.25) is 0 Å². The normalized spacial score (nSPS) is 12.6. The number of carbonyl (C=O) groups excluding carboxylic acids is 4. The fraction of sp³-hybridized carbons (Fsp3) is 0.146. The minimum Gasteiger partial charge on any atom is -0.340 e. The first-order chi connectivity index (χ1) is 25.3. The van der Waals surface area contributed by atoms with Crippen LogP contribution in [0.25, 0.3) is 0 Å². The average Bonchev–Trinajstić information content (AvgIpc) is 3.19. The lowest BCUT2D eigenvalue weighted by atomic mass is 10.0. The molecule has 0 fully saturated rings. The lowest BCUT2D eigenvalue weighted by molar-refractivity contribution is -0.123. The Hall–Kier alpha value is -6.75. The predicted molar refractivity (Wildman–Crippen MR) is 201 cm³/mol. The van der Waals surface area contributed by atoms with Crippen molar-refractivity contribution in [2.75, 3.05) is 0 Å². The maximum atomic E-state index is 13.5. The molecule has 0 aliphatic rings. The first-order valence-corrected chi connectivity index (χ1v) is 16.7. The Morgan fingerprint density at radius 1 is 0.519 bits per heavy atom. The highest BCUT2D eigenvalue weighted by Gasteiger charge is 2.25. The second-order valence-electron chi connectivity index (χ2n) is 12.0. The van der Waals surface area contributed by atoms with Crippen LogP contribution in [0.3, 0.4) is 0 Å². The lowest BCUT2D eigenvalue weighted by Crippen LogP contribution is -2.47. The third kappa shape index (κ3) is 10.6. The first kappa shape index (κ1) is 36.5. The summed E-state index contributed by atoms with van der Waals surface area (Å²) in [5, 5.41) is 14.0. The molecule has 1 aromatic heterocycles. The van der Waals surface area contributed by atoms with Crippen molar-refractivity contribution in [1.29, 1.82) is 0 Å². The number of benzene rings is 4. The Labute approximate surface area is 302 Å². The molecular weight excluding hydrogens is 654 g/mol. The van der Waals surface area contributed by atoms with Gasteiger partial charge in [0.25, 0.3) is 23.6 Å². The number of amides is 4. The number of hydrazone groups is 2. The number of rotatable bonds is 14. The highest BCUT2D eigenvalue weighted by Crippen LogP contribution is 2.10. The highest BCUT2D eigenvalue weighted by atomic mass is 16.2. The summed E-state index contributed by atoms with van der Waals surface area (Å²) < 4.78 is 0. The van der Waals surface area contributed by atoms with Crippen molar-refractivity contribution in [3.63, 3.8) is 0 Å². The third-order valence-corrected chi connectivity index (χ3v) is 8.12. The maximum Gasteiger partial charge on any atom is 0.262 e. The molecule has 11 heteroatoms. The molecule has 4 amide bonds. The highest BCUT2D eigenvalue weighted by molar-refractivity contribution is 6.03. The lowest BCUT2D eigenvalue weighted by Gasteiger charge is -2.19. The molecule has 0 spiro atoms. The van der Waals surface area contributed by atoms with E-state index in [1.807, 2.05) is 121 Å². The van der Waals surface area contributed by atoms with Crippen LogP contribution in [0.15, 0.2) is 150 Å². The number of carbonyl (C=O) groups is 4. The van der Waals surface area contributed by atoms with Crippen LogP contribution in [0.5, 0.6) is 0 Å². The number of hydrogen-bond acceptors (Lipinski definition) is 7. The van der Waals surface area contributed by atoms with Crippen molar-refractivity contribution in [1.82, 2.24) is 26.5 Å². The molecule has 0 unspecified atom stereocenters. The molecule has 0 radical (unpaired) electrons. The van der Waals surface area contributed by atoms with Gasteiger partial charge in [-0.2, -0.15) is 10.2 Å². The van der Waals surface area contributed by atoms with E-state index < -0.39 is 35.7 Å². The van der Waals surface area contributed by atoms with Crippen LogP contribution in [0.2, 0.25) is 0 Å². The van der Waals surface area contributed by atoms with Crippen molar-refractivity contribution >= 4 is 35.1 Å². The Morgan fingerprint density at radius 3 is 1.23 bits per heavy atom.